The smallest absolute Gasteiger partial charge is 0.254 e. The molecule has 0 spiro atoms. The van der Waals surface area contributed by atoms with Crippen LogP contribution in [-0.2, 0) is 4.74 Å². The fourth-order valence-electron chi connectivity index (χ4n) is 2.79. The number of morpholine rings is 1. The molecule has 2 bridgehead atoms. The van der Waals surface area contributed by atoms with Gasteiger partial charge in [0.15, 0.2) is 0 Å². The number of halogens is 1. The molecule has 2 atom stereocenters. The number of amides is 1. The van der Waals surface area contributed by atoms with Crippen molar-refractivity contribution < 1.29 is 13.9 Å². The average molecular weight is 264 g/mol. The minimum absolute atomic E-state index is 0.135. The Morgan fingerprint density at radius 1 is 1.37 bits per heavy atom. The Morgan fingerprint density at radius 2 is 2.00 bits per heavy atom. The molecular weight excluding hydrogens is 247 g/mol. The van der Waals surface area contributed by atoms with Gasteiger partial charge in [-0.1, -0.05) is 0 Å². The van der Waals surface area contributed by atoms with Crippen LogP contribution >= 0.6 is 0 Å². The van der Waals surface area contributed by atoms with Crippen molar-refractivity contribution >= 4 is 11.6 Å². The number of nitrogens with zero attached hydrogens (tertiary/aromatic N) is 1. The number of carbonyl (C=O) groups excluding carboxylic acids is 1. The maximum atomic E-state index is 13.7. The zero-order valence-electron chi connectivity index (χ0n) is 10.9. The molecule has 0 saturated carbocycles. The molecule has 102 valence electrons. The third kappa shape index (κ3) is 2.18. The number of benzene rings is 1. The molecule has 3 rings (SSSR count). The summed E-state index contributed by atoms with van der Waals surface area (Å²) in [6, 6.07) is 2.82. The van der Waals surface area contributed by atoms with Gasteiger partial charge in [-0.25, -0.2) is 4.39 Å². The van der Waals surface area contributed by atoms with E-state index in [1.807, 2.05) is 0 Å². The molecule has 2 N–H and O–H groups in total. The number of ether oxygens (including phenoxy) is 1. The van der Waals surface area contributed by atoms with Crippen LogP contribution < -0.4 is 5.73 Å². The fourth-order valence-corrected chi connectivity index (χ4v) is 2.79. The molecule has 2 heterocycles. The molecule has 2 aliphatic heterocycles. The van der Waals surface area contributed by atoms with Crippen LogP contribution in [0.25, 0.3) is 0 Å². The van der Waals surface area contributed by atoms with Crippen LogP contribution in [-0.4, -0.2) is 36.1 Å². The molecule has 1 aromatic carbocycles. The second kappa shape index (κ2) is 4.49. The van der Waals surface area contributed by atoms with Crippen LogP contribution in [0.5, 0.6) is 0 Å². The van der Waals surface area contributed by atoms with Gasteiger partial charge in [0.05, 0.1) is 12.2 Å². The Hall–Kier alpha value is -1.62. The minimum Gasteiger partial charge on any atom is -0.398 e. The summed E-state index contributed by atoms with van der Waals surface area (Å²) >= 11 is 0. The lowest BCUT2D eigenvalue weighted by Gasteiger charge is -2.32. The second-order valence-electron chi connectivity index (χ2n) is 5.34. The molecule has 1 amide bonds. The lowest BCUT2D eigenvalue weighted by Crippen LogP contribution is -2.45. The van der Waals surface area contributed by atoms with Gasteiger partial charge in [-0.2, -0.15) is 0 Å². The number of likely N-dealkylation sites (tertiary alicyclic amines) is 1. The largest absolute Gasteiger partial charge is 0.398 e. The van der Waals surface area contributed by atoms with Gasteiger partial charge in [0.2, 0.25) is 0 Å². The zero-order valence-corrected chi connectivity index (χ0v) is 10.9. The summed E-state index contributed by atoms with van der Waals surface area (Å²) < 4.78 is 19.3. The van der Waals surface area contributed by atoms with Gasteiger partial charge in [-0.05, 0) is 31.9 Å². The van der Waals surface area contributed by atoms with E-state index in [1.54, 1.807) is 17.9 Å². The van der Waals surface area contributed by atoms with Gasteiger partial charge in [-0.15, -0.1) is 0 Å². The maximum absolute atomic E-state index is 13.7. The van der Waals surface area contributed by atoms with E-state index in [0.29, 0.717) is 29.9 Å². The van der Waals surface area contributed by atoms with E-state index < -0.39 is 5.82 Å². The van der Waals surface area contributed by atoms with E-state index in [2.05, 4.69) is 0 Å². The molecule has 0 radical (unpaired) electrons. The Bertz CT molecular complexity index is 497. The molecule has 0 aromatic heterocycles. The molecule has 2 unspecified atom stereocenters. The first-order chi connectivity index (χ1) is 9.04. The highest BCUT2D eigenvalue weighted by atomic mass is 19.1. The Labute approximate surface area is 111 Å². The van der Waals surface area contributed by atoms with Crippen LogP contribution in [0.15, 0.2) is 12.1 Å². The number of nitrogens with two attached hydrogens (primary N) is 1. The fraction of sp³-hybridized carbons (Fsp3) is 0.500. The summed E-state index contributed by atoms with van der Waals surface area (Å²) in [4.78, 5) is 14.1. The number of carbonyl (C=O) groups is 1. The van der Waals surface area contributed by atoms with Crippen molar-refractivity contribution in [3.63, 3.8) is 0 Å². The average Bonchev–Trinajstić information content (AvgIpc) is 2.73. The predicted molar refractivity (Wildman–Crippen MR) is 69.3 cm³/mol. The highest BCUT2D eigenvalue weighted by molar-refractivity contribution is 5.95. The van der Waals surface area contributed by atoms with Gasteiger partial charge in [0.1, 0.15) is 5.82 Å². The molecule has 5 heteroatoms. The predicted octanol–water partition coefficient (Wildman–Crippen LogP) is 1.72. The van der Waals surface area contributed by atoms with Crippen molar-refractivity contribution in [2.75, 3.05) is 18.8 Å². The SMILES string of the molecule is Cc1c(N)cc(C(=O)N2CC3CCC(C2)O3)cc1F. The third-order valence-electron chi connectivity index (χ3n) is 3.96. The standard InChI is InChI=1S/C14H17FN2O2/c1-8-12(15)4-9(5-13(8)16)14(18)17-6-10-2-3-11(7-17)19-10/h4-5,10-11H,2-3,6-7,16H2,1H3. The second-order valence-corrected chi connectivity index (χ2v) is 5.34. The first kappa shape index (κ1) is 12.4. The van der Waals surface area contributed by atoms with Crippen LogP contribution in [0, 0.1) is 12.7 Å². The van der Waals surface area contributed by atoms with E-state index >= 15 is 0 Å². The molecule has 19 heavy (non-hydrogen) atoms. The van der Waals surface area contributed by atoms with Gasteiger partial charge in [0.25, 0.3) is 5.91 Å². The lowest BCUT2D eigenvalue weighted by molar-refractivity contribution is -0.0303. The van der Waals surface area contributed by atoms with Crippen LogP contribution in [0.3, 0.4) is 0 Å². The van der Waals surface area contributed by atoms with Crippen molar-refractivity contribution in [2.24, 2.45) is 0 Å². The molecule has 2 aliphatic rings. The van der Waals surface area contributed by atoms with Crippen LogP contribution in [0.2, 0.25) is 0 Å². The summed E-state index contributed by atoms with van der Waals surface area (Å²) in [7, 11) is 0. The van der Waals surface area contributed by atoms with Crippen molar-refractivity contribution in [2.45, 2.75) is 32.0 Å². The van der Waals surface area contributed by atoms with Gasteiger partial charge >= 0.3 is 0 Å². The molecule has 1 aromatic rings. The molecule has 4 nitrogen and oxygen atoms in total. The Balaban J connectivity index is 1.84. The number of nitrogen functional groups attached to an aromatic ring is 1. The third-order valence-corrected chi connectivity index (χ3v) is 3.96. The van der Waals surface area contributed by atoms with Crippen molar-refractivity contribution in [3.05, 3.63) is 29.1 Å². The van der Waals surface area contributed by atoms with Gasteiger partial charge < -0.3 is 15.4 Å². The van der Waals surface area contributed by atoms with E-state index in [0.717, 1.165) is 12.8 Å². The number of anilines is 1. The van der Waals surface area contributed by atoms with Crippen molar-refractivity contribution in [3.8, 4) is 0 Å². The highest BCUT2D eigenvalue weighted by Crippen LogP contribution is 2.28. The molecular formula is C14H17FN2O2. The summed E-state index contributed by atoms with van der Waals surface area (Å²) in [6.07, 6.45) is 2.27. The van der Waals surface area contributed by atoms with Crippen molar-refractivity contribution in [1.29, 1.82) is 0 Å². The van der Waals surface area contributed by atoms with E-state index in [9.17, 15) is 9.18 Å². The Kier molecular flexibility index (Phi) is 2.93. The summed E-state index contributed by atoms with van der Waals surface area (Å²) in [5.74, 6) is -0.592. The van der Waals surface area contributed by atoms with E-state index in [1.165, 1.54) is 6.07 Å². The number of hydrogen-bond donors (Lipinski definition) is 1. The van der Waals surface area contributed by atoms with E-state index in [-0.39, 0.29) is 18.1 Å². The lowest BCUT2D eigenvalue weighted by atomic mass is 10.1. The summed E-state index contributed by atoms with van der Waals surface area (Å²) in [6.45, 7) is 2.78. The summed E-state index contributed by atoms with van der Waals surface area (Å²) in [5, 5.41) is 0. The highest BCUT2D eigenvalue weighted by Gasteiger charge is 2.36. The van der Waals surface area contributed by atoms with E-state index in [4.69, 9.17) is 10.5 Å². The topological polar surface area (TPSA) is 55.6 Å². The van der Waals surface area contributed by atoms with Gasteiger partial charge in [0, 0.05) is 29.9 Å². The van der Waals surface area contributed by atoms with Crippen LogP contribution in [0.4, 0.5) is 10.1 Å². The molecule has 2 fully saturated rings. The first-order valence-corrected chi connectivity index (χ1v) is 6.55. The quantitative estimate of drug-likeness (QED) is 0.786. The number of hydrogen-bond acceptors (Lipinski definition) is 3. The number of fused-ring (bicyclic) bond motifs is 2. The number of rotatable bonds is 1. The zero-order chi connectivity index (χ0) is 13.6. The summed E-state index contributed by atoms with van der Waals surface area (Å²) in [5.41, 5.74) is 6.75. The van der Waals surface area contributed by atoms with Crippen LogP contribution in [0.1, 0.15) is 28.8 Å². The van der Waals surface area contributed by atoms with Crippen molar-refractivity contribution in [1.82, 2.24) is 4.90 Å². The molecule has 2 saturated heterocycles. The Morgan fingerprint density at radius 3 is 2.58 bits per heavy atom. The maximum Gasteiger partial charge on any atom is 0.254 e. The van der Waals surface area contributed by atoms with Gasteiger partial charge in [-0.3, -0.25) is 4.79 Å². The monoisotopic (exact) mass is 264 g/mol. The molecule has 0 aliphatic carbocycles. The first-order valence-electron chi connectivity index (χ1n) is 6.55. The minimum atomic E-state index is -0.431. The normalized spacial score (nSPS) is 25.7.